The molecular formula is C13H26O. The summed E-state index contributed by atoms with van der Waals surface area (Å²) in [6, 6.07) is 0. The molecule has 1 fully saturated rings. The molecule has 1 nitrogen and oxygen atoms in total. The lowest BCUT2D eigenvalue weighted by Crippen LogP contribution is -2.34. The van der Waals surface area contributed by atoms with Crippen LogP contribution in [0.5, 0.6) is 0 Å². The van der Waals surface area contributed by atoms with Crippen molar-refractivity contribution in [2.75, 3.05) is 6.61 Å². The number of rotatable bonds is 2. The Morgan fingerprint density at radius 1 is 0.929 bits per heavy atom. The van der Waals surface area contributed by atoms with Crippen molar-refractivity contribution in [2.24, 2.45) is 17.8 Å². The Labute approximate surface area is 89.2 Å². The van der Waals surface area contributed by atoms with Gasteiger partial charge in [-0.15, -0.1) is 0 Å². The average molecular weight is 198 g/mol. The zero-order valence-electron chi connectivity index (χ0n) is 10.3. The van der Waals surface area contributed by atoms with E-state index in [2.05, 4.69) is 27.7 Å². The highest BCUT2D eigenvalue weighted by atomic mass is 16.5. The maximum absolute atomic E-state index is 6.02. The van der Waals surface area contributed by atoms with Gasteiger partial charge in [0, 0.05) is 6.61 Å². The first-order valence-electron chi connectivity index (χ1n) is 6.24. The van der Waals surface area contributed by atoms with Crippen LogP contribution in [0.25, 0.3) is 0 Å². The molecule has 0 bridgehead atoms. The van der Waals surface area contributed by atoms with E-state index in [0.29, 0.717) is 12.0 Å². The average Bonchev–Trinajstić information content (AvgIpc) is 2.01. The lowest BCUT2D eigenvalue weighted by Gasteiger charge is -2.34. The van der Waals surface area contributed by atoms with Crippen LogP contribution < -0.4 is 0 Å². The Balaban J connectivity index is 2.60. The predicted octanol–water partition coefficient (Wildman–Crippen LogP) is 3.87. The van der Waals surface area contributed by atoms with Gasteiger partial charge >= 0.3 is 0 Å². The molecule has 0 spiro atoms. The summed E-state index contributed by atoms with van der Waals surface area (Å²) < 4.78 is 6.02. The number of hydrogen-bond acceptors (Lipinski definition) is 1. The van der Waals surface area contributed by atoms with Crippen molar-refractivity contribution in [1.82, 2.24) is 0 Å². The van der Waals surface area contributed by atoms with Gasteiger partial charge in [-0.3, -0.25) is 0 Å². The third-order valence-corrected chi connectivity index (χ3v) is 3.43. The number of hydrogen-bond donors (Lipinski definition) is 0. The molecule has 0 saturated carbocycles. The van der Waals surface area contributed by atoms with Gasteiger partial charge in [-0.1, -0.05) is 40.5 Å². The predicted molar refractivity (Wildman–Crippen MR) is 61.4 cm³/mol. The van der Waals surface area contributed by atoms with Gasteiger partial charge in [-0.2, -0.15) is 0 Å². The molecule has 1 rings (SSSR count). The van der Waals surface area contributed by atoms with Gasteiger partial charge in [-0.25, -0.2) is 0 Å². The van der Waals surface area contributed by atoms with Gasteiger partial charge < -0.3 is 4.74 Å². The van der Waals surface area contributed by atoms with E-state index >= 15 is 0 Å². The van der Waals surface area contributed by atoms with Crippen molar-refractivity contribution in [3.8, 4) is 0 Å². The first kappa shape index (κ1) is 12.0. The van der Waals surface area contributed by atoms with Crippen LogP contribution in [-0.2, 0) is 4.74 Å². The third kappa shape index (κ3) is 3.27. The smallest absolute Gasteiger partial charge is 0.0628 e. The minimum absolute atomic E-state index is 0.496. The maximum atomic E-state index is 6.02. The molecule has 84 valence electrons. The third-order valence-electron chi connectivity index (χ3n) is 3.43. The summed E-state index contributed by atoms with van der Waals surface area (Å²) in [6.45, 7) is 10.2. The fourth-order valence-electron chi connectivity index (χ4n) is 2.57. The van der Waals surface area contributed by atoms with Crippen molar-refractivity contribution in [2.45, 2.75) is 59.5 Å². The van der Waals surface area contributed by atoms with E-state index in [4.69, 9.17) is 4.74 Å². The van der Waals surface area contributed by atoms with E-state index in [9.17, 15) is 0 Å². The Bertz CT molecular complexity index is 133. The fourth-order valence-corrected chi connectivity index (χ4v) is 2.57. The van der Waals surface area contributed by atoms with E-state index in [0.717, 1.165) is 18.4 Å². The highest BCUT2D eigenvalue weighted by Crippen LogP contribution is 2.30. The van der Waals surface area contributed by atoms with Crippen molar-refractivity contribution in [3.05, 3.63) is 0 Å². The normalized spacial score (nSPS) is 30.4. The zero-order valence-corrected chi connectivity index (χ0v) is 10.3. The van der Waals surface area contributed by atoms with Gasteiger partial charge in [0.1, 0.15) is 0 Å². The zero-order chi connectivity index (χ0) is 10.6. The summed E-state index contributed by atoms with van der Waals surface area (Å²) in [5, 5.41) is 0. The van der Waals surface area contributed by atoms with Crippen LogP contribution in [-0.4, -0.2) is 12.7 Å². The Morgan fingerprint density at radius 2 is 1.64 bits per heavy atom. The van der Waals surface area contributed by atoms with E-state index in [1.54, 1.807) is 0 Å². The molecule has 2 atom stereocenters. The van der Waals surface area contributed by atoms with Crippen molar-refractivity contribution < 1.29 is 4.74 Å². The van der Waals surface area contributed by atoms with E-state index in [-0.39, 0.29) is 0 Å². The van der Waals surface area contributed by atoms with Crippen molar-refractivity contribution in [1.29, 1.82) is 0 Å². The molecule has 14 heavy (non-hydrogen) atoms. The van der Waals surface area contributed by atoms with Crippen LogP contribution in [0.15, 0.2) is 0 Å². The largest absolute Gasteiger partial charge is 0.378 e. The molecule has 1 aliphatic rings. The van der Waals surface area contributed by atoms with Crippen LogP contribution in [0, 0.1) is 17.8 Å². The van der Waals surface area contributed by atoms with Crippen LogP contribution in [0.3, 0.4) is 0 Å². The topological polar surface area (TPSA) is 9.23 Å². The highest BCUT2D eigenvalue weighted by molar-refractivity contribution is 4.77. The van der Waals surface area contributed by atoms with Crippen molar-refractivity contribution in [3.63, 3.8) is 0 Å². The van der Waals surface area contributed by atoms with Crippen LogP contribution in [0.4, 0.5) is 0 Å². The summed E-state index contributed by atoms with van der Waals surface area (Å²) >= 11 is 0. The molecule has 1 saturated heterocycles. The second-order valence-electron chi connectivity index (χ2n) is 5.34. The molecule has 0 aromatic rings. The Hall–Kier alpha value is -0.0400. The standard InChI is InChI=1S/C13H26O/c1-10(2)12-8-6-5-7-9-14-13(12)11(3)4/h10-13H,5-9H2,1-4H3. The van der Waals surface area contributed by atoms with Gasteiger partial charge in [0.15, 0.2) is 0 Å². The molecule has 0 radical (unpaired) electrons. The maximum Gasteiger partial charge on any atom is 0.0628 e. The monoisotopic (exact) mass is 198 g/mol. The Morgan fingerprint density at radius 3 is 2.21 bits per heavy atom. The van der Waals surface area contributed by atoms with Crippen LogP contribution >= 0.6 is 0 Å². The molecule has 0 aromatic carbocycles. The molecule has 0 aromatic heterocycles. The molecule has 0 aliphatic carbocycles. The van der Waals surface area contributed by atoms with E-state index in [1.165, 1.54) is 25.7 Å². The minimum Gasteiger partial charge on any atom is -0.378 e. The lowest BCUT2D eigenvalue weighted by atomic mass is 9.80. The SMILES string of the molecule is CC(C)C1CCCCCOC1C(C)C. The summed E-state index contributed by atoms with van der Waals surface area (Å²) in [7, 11) is 0. The summed E-state index contributed by atoms with van der Waals surface area (Å²) in [5.74, 6) is 2.20. The van der Waals surface area contributed by atoms with E-state index < -0.39 is 0 Å². The molecule has 2 unspecified atom stereocenters. The molecule has 0 amide bonds. The second kappa shape index (κ2) is 5.75. The number of ether oxygens (including phenoxy) is 1. The highest BCUT2D eigenvalue weighted by Gasteiger charge is 2.28. The molecule has 1 heteroatoms. The first-order valence-corrected chi connectivity index (χ1v) is 6.24. The summed E-state index contributed by atoms with van der Waals surface area (Å²) in [6.07, 6.45) is 5.87. The van der Waals surface area contributed by atoms with Gasteiger partial charge in [0.25, 0.3) is 0 Å². The fraction of sp³-hybridized carbons (Fsp3) is 1.00. The van der Waals surface area contributed by atoms with Crippen molar-refractivity contribution >= 4 is 0 Å². The Kier molecular flexibility index (Phi) is 4.94. The first-order chi connectivity index (χ1) is 6.63. The lowest BCUT2D eigenvalue weighted by molar-refractivity contribution is -0.0436. The molecule has 1 heterocycles. The molecular weight excluding hydrogens is 172 g/mol. The summed E-state index contributed by atoms with van der Waals surface area (Å²) in [4.78, 5) is 0. The minimum atomic E-state index is 0.496. The van der Waals surface area contributed by atoms with Gasteiger partial charge in [0.2, 0.25) is 0 Å². The quantitative estimate of drug-likeness (QED) is 0.654. The van der Waals surface area contributed by atoms with E-state index in [1.807, 2.05) is 0 Å². The van der Waals surface area contributed by atoms with Crippen LogP contribution in [0.1, 0.15) is 53.4 Å². The van der Waals surface area contributed by atoms with Crippen LogP contribution in [0.2, 0.25) is 0 Å². The van der Waals surface area contributed by atoms with Gasteiger partial charge in [-0.05, 0) is 30.6 Å². The molecule has 1 aliphatic heterocycles. The second-order valence-corrected chi connectivity index (χ2v) is 5.34. The summed E-state index contributed by atoms with van der Waals surface area (Å²) in [5.41, 5.74) is 0. The molecule has 0 N–H and O–H groups in total. The van der Waals surface area contributed by atoms with Gasteiger partial charge in [0.05, 0.1) is 6.10 Å².